The van der Waals surface area contributed by atoms with Crippen molar-refractivity contribution < 1.29 is 26.4 Å². The molecule has 9 nitrogen and oxygen atoms in total. The molecule has 3 aromatic carbocycles. The number of carbonyl (C=O) groups excluding carboxylic acids is 1. The van der Waals surface area contributed by atoms with Gasteiger partial charge in [-0.25, -0.2) is 16.8 Å². The summed E-state index contributed by atoms with van der Waals surface area (Å²) in [6, 6.07) is 16.1. The molecule has 1 aliphatic heterocycles. The van der Waals surface area contributed by atoms with Crippen molar-refractivity contribution in [3.63, 3.8) is 0 Å². The van der Waals surface area contributed by atoms with Gasteiger partial charge in [0.05, 0.1) is 22.5 Å². The van der Waals surface area contributed by atoms with E-state index in [1.54, 1.807) is 29.2 Å². The highest BCUT2D eigenvalue weighted by atomic mass is 79.9. The first kappa shape index (κ1) is 27.9. The molecule has 0 aliphatic carbocycles. The molecule has 0 aromatic heterocycles. The number of rotatable bonds is 8. The summed E-state index contributed by atoms with van der Waals surface area (Å²) in [6.07, 6.45) is 1.77. The minimum atomic E-state index is -4.08. The maximum Gasteiger partial charge on any atom is 0.261 e. The molecule has 1 heterocycles. The largest absolute Gasteiger partial charge is 0.496 e. The van der Waals surface area contributed by atoms with E-state index in [1.807, 2.05) is 0 Å². The Labute approximate surface area is 231 Å². The van der Waals surface area contributed by atoms with Crippen LogP contribution < -0.4 is 14.2 Å². The number of anilines is 2. The number of ether oxygens (including phenoxy) is 1. The minimum Gasteiger partial charge on any atom is -0.496 e. The molecule has 0 atom stereocenters. The van der Waals surface area contributed by atoms with Gasteiger partial charge in [0.2, 0.25) is 0 Å². The molecule has 0 bridgehead atoms. The summed E-state index contributed by atoms with van der Waals surface area (Å²) in [5.41, 5.74) is 0.730. The van der Waals surface area contributed by atoms with Crippen LogP contribution in [0.3, 0.4) is 0 Å². The molecule has 0 unspecified atom stereocenters. The Kier molecular flexibility index (Phi) is 8.34. The number of hydrogen-bond donors (Lipinski definition) is 2. The molecule has 0 saturated carbocycles. The number of carbonyl (C=O) groups is 1. The van der Waals surface area contributed by atoms with Crippen LogP contribution in [0.2, 0.25) is 0 Å². The Balaban J connectivity index is 1.52. The van der Waals surface area contributed by atoms with Gasteiger partial charge >= 0.3 is 0 Å². The van der Waals surface area contributed by atoms with Crippen LogP contribution in [0, 0.1) is 5.92 Å². The average Bonchev–Trinajstić information content (AvgIpc) is 2.89. The lowest BCUT2D eigenvalue weighted by Gasteiger charge is -2.30. The molecule has 1 amide bonds. The number of halogens is 1. The molecule has 0 spiro atoms. The highest BCUT2D eigenvalue weighted by Gasteiger charge is 2.26. The summed E-state index contributed by atoms with van der Waals surface area (Å²) in [7, 11) is -6.53. The molecule has 0 radical (unpaired) electrons. The molecular weight excluding hydrogens is 594 g/mol. The van der Waals surface area contributed by atoms with Crippen molar-refractivity contribution in [3.8, 4) is 5.75 Å². The fourth-order valence-electron chi connectivity index (χ4n) is 4.05. The molecule has 202 valence electrons. The van der Waals surface area contributed by atoms with Gasteiger partial charge in [-0.1, -0.05) is 22.9 Å². The second kappa shape index (κ2) is 11.3. The summed E-state index contributed by atoms with van der Waals surface area (Å²) in [4.78, 5) is 14.7. The van der Waals surface area contributed by atoms with Gasteiger partial charge in [-0.3, -0.25) is 14.2 Å². The van der Waals surface area contributed by atoms with E-state index >= 15 is 0 Å². The summed E-state index contributed by atoms with van der Waals surface area (Å²) in [6.45, 7) is 3.34. The van der Waals surface area contributed by atoms with Crippen molar-refractivity contribution in [2.24, 2.45) is 5.92 Å². The molecule has 2 N–H and O–H groups in total. The van der Waals surface area contributed by atoms with Crippen LogP contribution in [0.5, 0.6) is 5.75 Å². The predicted molar refractivity (Wildman–Crippen MR) is 149 cm³/mol. The van der Waals surface area contributed by atoms with Gasteiger partial charge < -0.3 is 9.64 Å². The Morgan fingerprint density at radius 1 is 0.842 bits per heavy atom. The molecule has 38 heavy (non-hydrogen) atoms. The zero-order valence-electron chi connectivity index (χ0n) is 20.8. The van der Waals surface area contributed by atoms with Gasteiger partial charge in [0.15, 0.2) is 0 Å². The standard InChI is InChI=1S/C26H28BrN3O6S2/c1-18-13-15-30(16-14-18)26(31)24-17-23(11-12-25(24)36-2)38(34,35)29-21-7-9-22(10-8-21)37(32,33)28-20-5-3-19(27)4-6-20/h3-12,17-18,28-29H,13-16H2,1-2H3. The lowest BCUT2D eigenvalue weighted by molar-refractivity contribution is 0.0693. The second-order valence-corrected chi connectivity index (χ2v) is 13.4. The summed E-state index contributed by atoms with van der Waals surface area (Å²) >= 11 is 3.30. The number of nitrogens with zero attached hydrogens (tertiary/aromatic N) is 1. The van der Waals surface area contributed by atoms with Gasteiger partial charge in [-0.2, -0.15) is 0 Å². The first-order valence-corrected chi connectivity index (χ1v) is 15.6. The summed E-state index contributed by atoms with van der Waals surface area (Å²) in [5.74, 6) is 0.550. The Bertz CT molecular complexity index is 1520. The van der Waals surface area contributed by atoms with E-state index in [0.29, 0.717) is 30.4 Å². The number of methoxy groups -OCH3 is 1. The van der Waals surface area contributed by atoms with E-state index in [2.05, 4.69) is 32.3 Å². The highest BCUT2D eigenvalue weighted by molar-refractivity contribution is 9.10. The van der Waals surface area contributed by atoms with E-state index < -0.39 is 20.0 Å². The molecule has 4 rings (SSSR count). The monoisotopic (exact) mass is 621 g/mol. The van der Waals surface area contributed by atoms with Crippen LogP contribution in [0.1, 0.15) is 30.1 Å². The molecule has 3 aromatic rings. The SMILES string of the molecule is COc1ccc(S(=O)(=O)Nc2ccc(S(=O)(=O)Nc3ccc(Br)cc3)cc2)cc1C(=O)N1CCC(C)CC1. The smallest absolute Gasteiger partial charge is 0.261 e. The molecule has 1 fully saturated rings. The fraction of sp³-hybridized carbons (Fsp3) is 0.269. The van der Waals surface area contributed by atoms with E-state index in [0.717, 1.165) is 17.3 Å². The Morgan fingerprint density at radius 3 is 1.89 bits per heavy atom. The zero-order chi connectivity index (χ0) is 27.5. The lowest BCUT2D eigenvalue weighted by atomic mass is 9.98. The number of hydrogen-bond acceptors (Lipinski definition) is 6. The van der Waals surface area contributed by atoms with Crippen molar-refractivity contribution in [3.05, 3.63) is 76.8 Å². The maximum absolute atomic E-state index is 13.2. The summed E-state index contributed by atoms with van der Waals surface area (Å²) < 4.78 is 62.7. The van der Waals surface area contributed by atoms with Crippen molar-refractivity contribution in [1.82, 2.24) is 4.90 Å². The maximum atomic E-state index is 13.2. The summed E-state index contributed by atoms with van der Waals surface area (Å²) in [5, 5.41) is 0. The van der Waals surface area contributed by atoms with E-state index in [4.69, 9.17) is 4.74 Å². The number of sulfonamides is 2. The lowest BCUT2D eigenvalue weighted by Crippen LogP contribution is -2.38. The molecule has 1 aliphatic rings. The van der Waals surface area contributed by atoms with Crippen LogP contribution in [0.15, 0.2) is 81.0 Å². The van der Waals surface area contributed by atoms with Crippen molar-refractivity contribution >= 4 is 53.3 Å². The number of benzene rings is 3. The van der Waals surface area contributed by atoms with Crippen molar-refractivity contribution in [2.75, 3.05) is 29.6 Å². The molecule has 1 saturated heterocycles. The first-order chi connectivity index (χ1) is 18.0. The first-order valence-electron chi connectivity index (χ1n) is 11.9. The third-order valence-electron chi connectivity index (χ3n) is 6.30. The quantitative estimate of drug-likeness (QED) is 0.368. The van der Waals surface area contributed by atoms with Gasteiger partial charge in [0.25, 0.3) is 26.0 Å². The van der Waals surface area contributed by atoms with Crippen LogP contribution in [-0.2, 0) is 20.0 Å². The third-order valence-corrected chi connectivity index (χ3v) is 9.60. The van der Waals surface area contributed by atoms with Crippen molar-refractivity contribution in [2.45, 2.75) is 29.6 Å². The highest BCUT2D eigenvalue weighted by Crippen LogP contribution is 2.28. The van der Waals surface area contributed by atoms with E-state index in [1.165, 1.54) is 49.6 Å². The average molecular weight is 623 g/mol. The number of amides is 1. The van der Waals surface area contributed by atoms with E-state index in [9.17, 15) is 21.6 Å². The van der Waals surface area contributed by atoms with Crippen LogP contribution in [-0.4, -0.2) is 47.8 Å². The van der Waals surface area contributed by atoms with Crippen LogP contribution in [0.4, 0.5) is 11.4 Å². The fourth-order valence-corrected chi connectivity index (χ4v) is 6.46. The number of likely N-dealkylation sites (tertiary alicyclic amines) is 1. The van der Waals surface area contributed by atoms with Crippen molar-refractivity contribution in [1.29, 1.82) is 0 Å². The number of nitrogens with one attached hydrogen (secondary N) is 2. The topological polar surface area (TPSA) is 122 Å². The van der Waals surface area contributed by atoms with Gasteiger partial charge in [0.1, 0.15) is 5.75 Å². The van der Waals surface area contributed by atoms with Gasteiger partial charge in [-0.15, -0.1) is 0 Å². The normalized spacial score (nSPS) is 14.7. The number of piperidine rings is 1. The van der Waals surface area contributed by atoms with Gasteiger partial charge in [-0.05, 0) is 85.5 Å². The molecular formula is C26H28BrN3O6S2. The van der Waals surface area contributed by atoms with E-state index in [-0.39, 0.29) is 26.9 Å². The minimum absolute atomic E-state index is 0.0310. The zero-order valence-corrected chi connectivity index (χ0v) is 24.1. The Morgan fingerprint density at radius 2 is 1.34 bits per heavy atom. The Hall–Kier alpha value is -3.09. The van der Waals surface area contributed by atoms with Crippen LogP contribution >= 0.6 is 15.9 Å². The van der Waals surface area contributed by atoms with Crippen LogP contribution in [0.25, 0.3) is 0 Å². The van der Waals surface area contributed by atoms with Gasteiger partial charge in [0, 0.05) is 28.9 Å². The predicted octanol–water partition coefficient (Wildman–Crippen LogP) is 4.93. The molecule has 12 heteroatoms. The third kappa shape index (κ3) is 6.48. The second-order valence-electron chi connectivity index (χ2n) is 9.08.